The first-order valence-electron chi connectivity index (χ1n) is 13.6. The summed E-state index contributed by atoms with van der Waals surface area (Å²) in [4.78, 5) is 38.3. The minimum atomic E-state index is -1.82. The molecule has 3 aliphatic rings. The van der Waals surface area contributed by atoms with E-state index in [4.69, 9.17) is 34.0 Å². The molecule has 0 bridgehead atoms. The molecule has 0 aromatic heterocycles. The highest BCUT2D eigenvalue weighted by Crippen LogP contribution is 2.33. The molecule has 2 fully saturated rings. The van der Waals surface area contributed by atoms with Gasteiger partial charge in [-0.15, -0.1) is 0 Å². The smallest absolute Gasteiger partial charge is 0.414 e. The Hall–Kier alpha value is -3.83. The van der Waals surface area contributed by atoms with Gasteiger partial charge < -0.3 is 29.3 Å². The fourth-order valence-electron chi connectivity index (χ4n) is 5.19. The number of carbonyl (C=O) groups excluding carboxylic acids is 1. The Morgan fingerprint density at radius 3 is 2.17 bits per heavy atom. The molecule has 5 rings (SSSR count). The summed E-state index contributed by atoms with van der Waals surface area (Å²) in [5.74, 6) is -0.523. The molecule has 0 spiro atoms. The van der Waals surface area contributed by atoms with E-state index in [2.05, 4.69) is 39.0 Å². The van der Waals surface area contributed by atoms with Gasteiger partial charge in [0.25, 0.3) is 0 Å². The molecule has 40 heavy (non-hydrogen) atoms. The molecule has 0 aliphatic carbocycles. The summed E-state index contributed by atoms with van der Waals surface area (Å²) in [7, 11) is 0. The number of aliphatic carboxylic acids is 2. The van der Waals surface area contributed by atoms with Crippen LogP contribution in [0, 0.1) is 5.92 Å². The van der Waals surface area contributed by atoms with Gasteiger partial charge in [0.1, 0.15) is 5.75 Å². The minimum Gasteiger partial charge on any atom is -0.494 e. The average Bonchev–Trinajstić information content (AvgIpc) is 3.43. The van der Waals surface area contributed by atoms with Gasteiger partial charge >= 0.3 is 11.9 Å². The predicted octanol–water partition coefficient (Wildman–Crippen LogP) is 2.53. The molecular weight excluding hydrogens is 518 g/mol. The van der Waals surface area contributed by atoms with Gasteiger partial charge in [-0.2, -0.15) is 0 Å². The Kier molecular flexibility index (Phi) is 10.2. The van der Waals surface area contributed by atoms with Crippen LogP contribution in [0.5, 0.6) is 17.2 Å². The first kappa shape index (κ1) is 29.2. The number of nitrogens with zero attached hydrogens (tertiary/aromatic N) is 3. The molecule has 216 valence electrons. The number of fused-ring (bicyclic) bond motifs is 1. The quantitative estimate of drug-likeness (QED) is 0.492. The van der Waals surface area contributed by atoms with Crippen LogP contribution in [-0.4, -0.2) is 95.4 Å². The lowest BCUT2D eigenvalue weighted by molar-refractivity contribution is -0.159. The molecule has 3 aliphatic heterocycles. The van der Waals surface area contributed by atoms with Crippen molar-refractivity contribution in [1.29, 1.82) is 0 Å². The highest BCUT2D eigenvalue weighted by molar-refractivity contribution is 6.27. The molecule has 2 N–H and O–H groups in total. The lowest BCUT2D eigenvalue weighted by Gasteiger charge is -2.38. The lowest BCUT2D eigenvalue weighted by Crippen LogP contribution is -2.51. The normalized spacial score (nSPS) is 17.6. The maximum absolute atomic E-state index is 13.2. The molecule has 0 saturated carbocycles. The van der Waals surface area contributed by atoms with Crippen LogP contribution < -0.4 is 14.2 Å². The van der Waals surface area contributed by atoms with E-state index >= 15 is 0 Å². The number of benzene rings is 2. The summed E-state index contributed by atoms with van der Waals surface area (Å²) in [5, 5.41) is 14.8. The van der Waals surface area contributed by atoms with Gasteiger partial charge in [-0.1, -0.05) is 24.3 Å². The van der Waals surface area contributed by atoms with Crippen LogP contribution in [0.25, 0.3) is 0 Å². The second-order valence-corrected chi connectivity index (χ2v) is 9.99. The summed E-state index contributed by atoms with van der Waals surface area (Å²) in [6, 6.07) is 14.4. The highest BCUT2D eigenvalue weighted by atomic mass is 16.7. The predicted molar refractivity (Wildman–Crippen MR) is 145 cm³/mol. The van der Waals surface area contributed by atoms with Crippen LogP contribution in [-0.2, 0) is 27.5 Å². The fraction of sp³-hybridized carbons (Fsp3) is 0.483. The largest absolute Gasteiger partial charge is 0.494 e. The number of likely N-dealkylation sites (tertiary alicyclic amines) is 1. The van der Waals surface area contributed by atoms with Gasteiger partial charge in [-0.3, -0.25) is 14.6 Å². The second kappa shape index (κ2) is 14.0. The van der Waals surface area contributed by atoms with Crippen LogP contribution in [0.15, 0.2) is 42.5 Å². The third-order valence-electron chi connectivity index (χ3n) is 7.31. The molecule has 3 heterocycles. The molecule has 0 unspecified atom stereocenters. The summed E-state index contributed by atoms with van der Waals surface area (Å²) in [6.45, 7) is 10.1. The summed E-state index contributed by atoms with van der Waals surface area (Å²) < 4.78 is 16.7. The fourth-order valence-corrected chi connectivity index (χ4v) is 5.19. The number of hydrogen-bond donors (Lipinski definition) is 2. The van der Waals surface area contributed by atoms with Gasteiger partial charge in [0.2, 0.25) is 12.7 Å². The zero-order valence-corrected chi connectivity index (χ0v) is 22.8. The minimum absolute atomic E-state index is 0.152. The van der Waals surface area contributed by atoms with Crippen LogP contribution in [0.2, 0.25) is 0 Å². The third kappa shape index (κ3) is 7.86. The van der Waals surface area contributed by atoms with Crippen molar-refractivity contribution in [2.24, 2.45) is 5.92 Å². The zero-order chi connectivity index (χ0) is 28.5. The maximum Gasteiger partial charge on any atom is 0.414 e. The van der Waals surface area contributed by atoms with Crippen molar-refractivity contribution >= 4 is 17.8 Å². The van der Waals surface area contributed by atoms with Crippen molar-refractivity contribution in [3.8, 4) is 17.2 Å². The van der Waals surface area contributed by atoms with Crippen LogP contribution in [0.4, 0.5) is 0 Å². The SMILES string of the molecule is CCOc1ccccc1CN1CCC(C(=O)N2CCN(Cc3ccc4c(c3)OCO4)CC2)CC1.O=C(O)C(=O)O. The van der Waals surface area contributed by atoms with Crippen LogP contribution >= 0.6 is 0 Å². The molecule has 2 aromatic carbocycles. The maximum atomic E-state index is 13.2. The first-order valence-corrected chi connectivity index (χ1v) is 13.6. The number of rotatable bonds is 7. The number of piperazine rings is 1. The van der Waals surface area contributed by atoms with E-state index in [9.17, 15) is 4.79 Å². The van der Waals surface area contributed by atoms with E-state index in [0.717, 1.165) is 82.4 Å². The first-order chi connectivity index (χ1) is 19.3. The number of para-hydroxylation sites is 1. The Labute approximate surface area is 233 Å². The number of piperidine rings is 1. The van der Waals surface area contributed by atoms with E-state index in [1.165, 1.54) is 11.1 Å². The van der Waals surface area contributed by atoms with Gasteiger partial charge in [-0.05, 0) is 56.6 Å². The van der Waals surface area contributed by atoms with E-state index in [1.807, 2.05) is 25.1 Å². The standard InChI is InChI=1S/C27H35N3O4.C2H2O4/c1-2-32-24-6-4-3-5-23(24)19-28-11-9-22(10-12-28)27(31)30-15-13-29(14-16-30)18-21-7-8-25-26(17-21)34-20-33-25;3-1(4)2(5)6/h3-8,17,22H,2,9-16,18-20H2,1H3;(H,3,4)(H,5,6). The van der Waals surface area contributed by atoms with E-state index in [0.29, 0.717) is 19.3 Å². The van der Waals surface area contributed by atoms with Gasteiger partial charge in [-0.25, -0.2) is 9.59 Å². The molecule has 2 aromatic rings. The van der Waals surface area contributed by atoms with Crippen molar-refractivity contribution in [2.45, 2.75) is 32.9 Å². The number of hydrogen-bond acceptors (Lipinski definition) is 8. The highest BCUT2D eigenvalue weighted by Gasteiger charge is 2.30. The number of carboxylic acid groups (broad SMARTS) is 2. The number of carbonyl (C=O) groups is 3. The molecule has 1 amide bonds. The Morgan fingerprint density at radius 1 is 0.850 bits per heavy atom. The van der Waals surface area contributed by atoms with E-state index in [1.54, 1.807) is 0 Å². The second-order valence-electron chi connectivity index (χ2n) is 9.99. The Morgan fingerprint density at radius 2 is 1.50 bits per heavy atom. The number of carboxylic acids is 2. The van der Waals surface area contributed by atoms with Crippen molar-refractivity contribution in [3.05, 3.63) is 53.6 Å². The van der Waals surface area contributed by atoms with Crippen LogP contribution in [0.3, 0.4) is 0 Å². The number of amides is 1. The van der Waals surface area contributed by atoms with E-state index < -0.39 is 11.9 Å². The van der Waals surface area contributed by atoms with Crippen molar-refractivity contribution in [3.63, 3.8) is 0 Å². The molecule has 0 radical (unpaired) electrons. The lowest BCUT2D eigenvalue weighted by atomic mass is 9.94. The summed E-state index contributed by atoms with van der Waals surface area (Å²) in [6.07, 6.45) is 1.88. The van der Waals surface area contributed by atoms with Gasteiger partial charge in [0.05, 0.1) is 6.61 Å². The summed E-state index contributed by atoms with van der Waals surface area (Å²) >= 11 is 0. The topological polar surface area (TPSA) is 129 Å². The van der Waals surface area contributed by atoms with Gasteiger partial charge in [0, 0.05) is 50.7 Å². The molecule has 11 heteroatoms. The Balaban J connectivity index is 0.000000557. The molecule has 11 nitrogen and oxygen atoms in total. The summed E-state index contributed by atoms with van der Waals surface area (Å²) in [5.41, 5.74) is 2.45. The van der Waals surface area contributed by atoms with Crippen molar-refractivity contribution < 1.29 is 38.8 Å². The average molecular weight is 556 g/mol. The third-order valence-corrected chi connectivity index (χ3v) is 7.31. The Bertz CT molecular complexity index is 1160. The van der Waals surface area contributed by atoms with E-state index in [-0.39, 0.29) is 5.92 Å². The molecule has 2 saturated heterocycles. The molecule has 0 atom stereocenters. The van der Waals surface area contributed by atoms with Gasteiger partial charge in [0.15, 0.2) is 11.5 Å². The van der Waals surface area contributed by atoms with Crippen molar-refractivity contribution in [1.82, 2.24) is 14.7 Å². The zero-order valence-electron chi connectivity index (χ0n) is 22.8. The number of ether oxygens (including phenoxy) is 3. The molecular formula is C29H37N3O8. The monoisotopic (exact) mass is 555 g/mol. The van der Waals surface area contributed by atoms with Crippen molar-refractivity contribution in [2.75, 3.05) is 52.7 Å². The van der Waals surface area contributed by atoms with Crippen LogP contribution in [0.1, 0.15) is 30.9 Å².